The largest absolute Gasteiger partial charge is 0.298 e. The van der Waals surface area contributed by atoms with Gasteiger partial charge in [-0.05, 0) is 36.6 Å². The van der Waals surface area contributed by atoms with Crippen LogP contribution in [0.2, 0.25) is 0 Å². The highest BCUT2D eigenvalue weighted by Gasteiger charge is 2.10. The standard InChI is InChI=1S/C13H17BrN2/c1-9(2)8-16-13(7-15)11-4-5-12(14)10(3)6-11/h4-6,9,13,16H,8H2,1-3H3. The van der Waals surface area contributed by atoms with Crippen molar-refractivity contribution in [2.45, 2.75) is 26.8 Å². The number of aryl methyl sites for hydroxylation is 1. The number of nitrogens with zero attached hydrogens (tertiary/aromatic N) is 1. The number of hydrogen-bond donors (Lipinski definition) is 1. The third-order valence-electron chi connectivity index (χ3n) is 2.37. The molecule has 0 radical (unpaired) electrons. The Bertz CT molecular complexity index is 393. The highest BCUT2D eigenvalue weighted by atomic mass is 79.9. The topological polar surface area (TPSA) is 35.8 Å². The molecule has 0 saturated carbocycles. The van der Waals surface area contributed by atoms with Crippen molar-refractivity contribution >= 4 is 15.9 Å². The number of benzene rings is 1. The molecule has 0 aliphatic carbocycles. The summed E-state index contributed by atoms with van der Waals surface area (Å²) in [5.41, 5.74) is 2.19. The van der Waals surface area contributed by atoms with Crippen LogP contribution in [-0.2, 0) is 0 Å². The van der Waals surface area contributed by atoms with Crippen molar-refractivity contribution in [1.82, 2.24) is 5.32 Å². The second-order valence-electron chi connectivity index (χ2n) is 4.37. The summed E-state index contributed by atoms with van der Waals surface area (Å²) in [7, 11) is 0. The van der Waals surface area contributed by atoms with Crippen LogP contribution in [0.3, 0.4) is 0 Å². The van der Waals surface area contributed by atoms with Gasteiger partial charge in [0.1, 0.15) is 6.04 Å². The van der Waals surface area contributed by atoms with E-state index in [1.165, 1.54) is 0 Å². The van der Waals surface area contributed by atoms with Gasteiger partial charge in [0.25, 0.3) is 0 Å². The van der Waals surface area contributed by atoms with Gasteiger partial charge in [0.05, 0.1) is 6.07 Å². The Hall–Kier alpha value is -0.850. The molecule has 1 atom stereocenters. The molecular weight excluding hydrogens is 264 g/mol. The van der Waals surface area contributed by atoms with E-state index in [-0.39, 0.29) is 6.04 Å². The molecule has 0 aliphatic heterocycles. The first-order valence-electron chi connectivity index (χ1n) is 5.43. The Morgan fingerprint density at radius 3 is 2.62 bits per heavy atom. The number of nitriles is 1. The Balaban J connectivity index is 2.80. The van der Waals surface area contributed by atoms with Gasteiger partial charge in [0.2, 0.25) is 0 Å². The van der Waals surface area contributed by atoms with E-state index in [0.717, 1.165) is 22.1 Å². The second kappa shape index (κ2) is 6.03. The van der Waals surface area contributed by atoms with E-state index >= 15 is 0 Å². The van der Waals surface area contributed by atoms with Crippen LogP contribution in [0.1, 0.15) is 31.0 Å². The van der Waals surface area contributed by atoms with Gasteiger partial charge in [-0.25, -0.2) is 0 Å². The average Bonchev–Trinajstić information content (AvgIpc) is 2.23. The maximum absolute atomic E-state index is 9.13. The van der Waals surface area contributed by atoms with Crippen LogP contribution in [0.4, 0.5) is 0 Å². The zero-order valence-electron chi connectivity index (χ0n) is 9.92. The molecule has 1 aromatic carbocycles. The molecule has 86 valence electrons. The summed E-state index contributed by atoms with van der Waals surface area (Å²) in [4.78, 5) is 0. The number of nitrogens with one attached hydrogen (secondary N) is 1. The van der Waals surface area contributed by atoms with Gasteiger partial charge < -0.3 is 0 Å². The van der Waals surface area contributed by atoms with E-state index in [1.54, 1.807) is 0 Å². The number of halogens is 1. The highest BCUT2D eigenvalue weighted by Crippen LogP contribution is 2.21. The van der Waals surface area contributed by atoms with Gasteiger partial charge in [-0.2, -0.15) is 5.26 Å². The predicted molar refractivity (Wildman–Crippen MR) is 70.1 cm³/mol. The minimum Gasteiger partial charge on any atom is -0.298 e. The summed E-state index contributed by atoms with van der Waals surface area (Å²) < 4.78 is 1.08. The van der Waals surface area contributed by atoms with Crippen molar-refractivity contribution in [2.24, 2.45) is 5.92 Å². The molecule has 0 amide bonds. The molecule has 0 fully saturated rings. The van der Waals surface area contributed by atoms with Gasteiger partial charge in [0.15, 0.2) is 0 Å². The van der Waals surface area contributed by atoms with E-state index in [9.17, 15) is 0 Å². The van der Waals surface area contributed by atoms with Crippen LogP contribution >= 0.6 is 15.9 Å². The van der Waals surface area contributed by atoms with Crippen LogP contribution in [-0.4, -0.2) is 6.54 Å². The molecule has 0 spiro atoms. The van der Waals surface area contributed by atoms with Crippen LogP contribution < -0.4 is 5.32 Å². The second-order valence-corrected chi connectivity index (χ2v) is 5.23. The molecule has 1 aromatic rings. The van der Waals surface area contributed by atoms with Crippen molar-refractivity contribution in [2.75, 3.05) is 6.54 Å². The van der Waals surface area contributed by atoms with Crippen LogP contribution in [0, 0.1) is 24.2 Å². The van der Waals surface area contributed by atoms with Gasteiger partial charge in [-0.15, -0.1) is 0 Å². The Kier molecular flexibility index (Phi) is 4.98. The number of rotatable bonds is 4. The molecule has 3 heteroatoms. The minimum atomic E-state index is -0.214. The van der Waals surface area contributed by atoms with Crippen LogP contribution in [0.15, 0.2) is 22.7 Å². The van der Waals surface area contributed by atoms with Gasteiger partial charge in [-0.3, -0.25) is 5.32 Å². The van der Waals surface area contributed by atoms with Crippen molar-refractivity contribution in [3.05, 3.63) is 33.8 Å². The normalized spacial score (nSPS) is 12.5. The Morgan fingerprint density at radius 1 is 1.44 bits per heavy atom. The van der Waals surface area contributed by atoms with Crippen molar-refractivity contribution in [3.8, 4) is 6.07 Å². The molecule has 1 N–H and O–H groups in total. The first-order chi connectivity index (χ1) is 7.54. The van der Waals surface area contributed by atoms with E-state index in [2.05, 4.69) is 41.2 Å². The van der Waals surface area contributed by atoms with Crippen molar-refractivity contribution < 1.29 is 0 Å². The molecule has 0 heterocycles. The first kappa shape index (κ1) is 13.2. The van der Waals surface area contributed by atoms with Crippen molar-refractivity contribution in [3.63, 3.8) is 0 Å². The van der Waals surface area contributed by atoms with Crippen LogP contribution in [0.5, 0.6) is 0 Å². The lowest BCUT2D eigenvalue weighted by molar-refractivity contribution is 0.525. The molecule has 2 nitrogen and oxygen atoms in total. The van der Waals surface area contributed by atoms with Crippen molar-refractivity contribution in [1.29, 1.82) is 5.26 Å². The maximum Gasteiger partial charge on any atom is 0.121 e. The fourth-order valence-corrected chi connectivity index (χ4v) is 1.69. The third-order valence-corrected chi connectivity index (χ3v) is 3.26. The lowest BCUT2D eigenvalue weighted by atomic mass is 10.0. The summed E-state index contributed by atoms with van der Waals surface area (Å²) in [5.74, 6) is 0.549. The first-order valence-corrected chi connectivity index (χ1v) is 6.23. The van der Waals surface area contributed by atoms with Gasteiger partial charge in [0, 0.05) is 4.47 Å². The smallest absolute Gasteiger partial charge is 0.121 e. The quantitative estimate of drug-likeness (QED) is 0.915. The van der Waals surface area contributed by atoms with Crippen LogP contribution in [0.25, 0.3) is 0 Å². The van der Waals surface area contributed by atoms with E-state index in [1.807, 2.05) is 25.1 Å². The Labute approximate surface area is 106 Å². The Morgan fingerprint density at radius 2 is 2.12 bits per heavy atom. The fourth-order valence-electron chi connectivity index (χ4n) is 1.44. The molecular formula is C13H17BrN2. The average molecular weight is 281 g/mol. The molecule has 0 aromatic heterocycles. The summed E-state index contributed by atoms with van der Waals surface area (Å²) in [6, 6.07) is 8.10. The molecule has 0 aliphatic rings. The molecule has 0 bridgehead atoms. The van der Waals surface area contributed by atoms with Gasteiger partial charge in [-0.1, -0.05) is 41.9 Å². The molecule has 0 saturated heterocycles. The summed E-state index contributed by atoms with van der Waals surface area (Å²) >= 11 is 3.46. The summed E-state index contributed by atoms with van der Waals surface area (Å²) in [6.45, 7) is 7.15. The molecule has 1 rings (SSSR count). The van der Waals surface area contributed by atoms with E-state index in [0.29, 0.717) is 5.92 Å². The maximum atomic E-state index is 9.13. The predicted octanol–water partition coefficient (Wildman–Crippen LogP) is 3.57. The minimum absolute atomic E-state index is 0.214. The zero-order valence-corrected chi connectivity index (χ0v) is 11.5. The van der Waals surface area contributed by atoms with E-state index in [4.69, 9.17) is 5.26 Å². The lowest BCUT2D eigenvalue weighted by Gasteiger charge is -2.14. The monoisotopic (exact) mass is 280 g/mol. The lowest BCUT2D eigenvalue weighted by Crippen LogP contribution is -2.24. The SMILES string of the molecule is Cc1cc(C(C#N)NCC(C)C)ccc1Br. The van der Waals surface area contributed by atoms with Gasteiger partial charge >= 0.3 is 0 Å². The van der Waals surface area contributed by atoms with E-state index < -0.39 is 0 Å². The fraction of sp³-hybridized carbons (Fsp3) is 0.462. The summed E-state index contributed by atoms with van der Waals surface area (Å²) in [6.07, 6.45) is 0. The highest BCUT2D eigenvalue weighted by molar-refractivity contribution is 9.10. The molecule has 16 heavy (non-hydrogen) atoms. The molecule has 1 unspecified atom stereocenters. The zero-order chi connectivity index (χ0) is 12.1. The number of hydrogen-bond acceptors (Lipinski definition) is 2. The summed E-state index contributed by atoms with van der Waals surface area (Å²) in [5, 5.41) is 12.4. The third kappa shape index (κ3) is 3.62.